The average molecular weight is 1030 g/mol. The molecule has 22 nitrogen and oxygen atoms in total. The number of halogens is 3. The monoisotopic (exact) mass is 1030 g/mol. The molecule has 0 aliphatic heterocycles. The highest BCUT2D eigenvalue weighted by atomic mass is 35.5. The summed E-state index contributed by atoms with van der Waals surface area (Å²) in [5, 5.41) is 44.8. The van der Waals surface area contributed by atoms with Crippen molar-refractivity contribution in [3.05, 3.63) is 155 Å². The molecule has 10 aromatic rings. The zero-order valence-electron chi connectivity index (χ0n) is 39.8. The Morgan fingerprint density at radius 1 is 0.676 bits per heavy atom. The third-order valence-corrected chi connectivity index (χ3v) is 12.4. The van der Waals surface area contributed by atoms with Crippen LogP contribution in [-0.2, 0) is 26.1 Å². The Hall–Kier alpha value is -8.77. The van der Waals surface area contributed by atoms with Crippen molar-refractivity contribution < 1.29 is 33.0 Å². The minimum Gasteiger partial charge on any atom is -0.494 e. The first-order valence-electron chi connectivity index (χ1n) is 23.2. The van der Waals surface area contributed by atoms with Crippen molar-refractivity contribution in [3.63, 3.8) is 0 Å². The second-order valence-corrected chi connectivity index (χ2v) is 17.4. The standard InChI is InChI=1S/C25H23FN8O2.C14H13N5O2.C10H11FN4O.ClH/c1-36-23-8-6-18(20-10-27-31-29-20)19(25(23)26)5-7-22(35)21-14-34(32-30-21)13-17-12-33-11-16(15-2-3-15)4-9-24(33)28-17;20-14(21)12-8-19(17-16-12)7-11-6-18-5-10(9-1-2-9)3-4-13(18)15-11;1-16-9-3-2-6(7(4-12)10(9)11)8-5-13-15-14-8;/h4,6,8-12,14-15H,2-3,5,7,13H2,1H3,(H,27,29,31);3-6,8-9H,1-2,7H2,(H,20,21);2-3,5H,4,12H2,1H3,(H,13,14,15);1H. The van der Waals surface area contributed by atoms with Gasteiger partial charge >= 0.3 is 5.97 Å². The van der Waals surface area contributed by atoms with Crippen LogP contribution in [0.4, 0.5) is 8.78 Å². The van der Waals surface area contributed by atoms with Crippen LogP contribution in [0.2, 0.25) is 0 Å². The number of carbonyl (C=O) groups excluding carboxylic acids is 1. The molecule has 25 heteroatoms. The molecule has 0 saturated heterocycles. The third-order valence-electron chi connectivity index (χ3n) is 12.4. The highest BCUT2D eigenvalue weighted by Gasteiger charge is 2.25. The van der Waals surface area contributed by atoms with Gasteiger partial charge in [0.2, 0.25) is 0 Å². The SMILES string of the molecule is COc1ccc(-c2cn[nH]n2)c(CCC(=O)c2cn(Cc3cn4cc(C5CC5)ccc4n3)nn2)c1F.COc1ccc(-c2cn[nH]n2)c(CN)c1F.Cl.O=C(O)c1cn(Cc2cn3cc(C4CC4)ccc3n2)nn1. The van der Waals surface area contributed by atoms with Crippen molar-refractivity contribution in [2.45, 2.75) is 70.0 Å². The first-order valence-corrected chi connectivity index (χ1v) is 23.2. The van der Waals surface area contributed by atoms with E-state index < -0.39 is 17.6 Å². The van der Waals surface area contributed by atoms with E-state index in [9.17, 15) is 14.0 Å². The molecule has 0 radical (unpaired) electrons. The summed E-state index contributed by atoms with van der Waals surface area (Å²) in [7, 11) is 2.81. The quantitative estimate of drug-likeness (QED) is 0.0737. The van der Waals surface area contributed by atoms with Gasteiger partial charge in [0.05, 0.1) is 63.5 Å². The molecule has 12 rings (SSSR count). The predicted molar refractivity (Wildman–Crippen MR) is 264 cm³/mol. The van der Waals surface area contributed by atoms with Crippen molar-refractivity contribution >= 4 is 35.5 Å². The number of carbonyl (C=O) groups is 2. The molecule has 2 aliphatic carbocycles. The van der Waals surface area contributed by atoms with E-state index in [1.54, 1.807) is 29.1 Å². The summed E-state index contributed by atoms with van der Waals surface area (Å²) in [4.78, 5) is 32.8. The molecule has 5 N–H and O–H groups in total. The Kier molecular flexibility index (Phi) is 14.9. The van der Waals surface area contributed by atoms with Crippen LogP contribution in [0.3, 0.4) is 0 Å². The number of nitrogens with one attached hydrogen (secondary N) is 2. The molecule has 0 bridgehead atoms. The van der Waals surface area contributed by atoms with Crippen LogP contribution >= 0.6 is 12.4 Å². The van der Waals surface area contributed by atoms with Crippen LogP contribution in [0.5, 0.6) is 11.5 Å². The summed E-state index contributed by atoms with van der Waals surface area (Å²) in [6.07, 6.45) is 19.4. The molecule has 2 aromatic carbocycles. The number of pyridine rings is 2. The van der Waals surface area contributed by atoms with Gasteiger partial charge in [-0.15, -0.1) is 22.6 Å². The summed E-state index contributed by atoms with van der Waals surface area (Å²) in [5.41, 5.74) is 14.7. The van der Waals surface area contributed by atoms with Crippen molar-refractivity contribution in [2.75, 3.05) is 14.2 Å². The molecule has 2 saturated carbocycles. The van der Waals surface area contributed by atoms with E-state index in [2.05, 4.69) is 85.9 Å². The number of aromatic carboxylic acids is 1. The van der Waals surface area contributed by atoms with Gasteiger partial charge in [0.15, 0.2) is 34.6 Å². The molecule has 0 amide bonds. The number of ether oxygens (including phenoxy) is 2. The van der Waals surface area contributed by atoms with Crippen molar-refractivity contribution in [2.24, 2.45) is 5.73 Å². The van der Waals surface area contributed by atoms with E-state index in [4.69, 9.17) is 20.3 Å². The largest absolute Gasteiger partial charge is 0.494 e. The maximum atomic E-state index is 15.0. The van der Waals surface area contributed by atoms with Gasteiger partial charge in [-0.3, -0.25) is 4.79 Å². The summed E-state index contributed by atoms with van der Waals surface area (Å²) in [5.74, 6) is -0.643. The van der Waals surface area contributed by atoms with Gasteiger partial charge in [-0.25, -0.2) is 32.9 Å². The molecular formula is C49H48ClF2N17O5. The lowest BCUT2D eigenvalue weighted by Crippen LogP contribution is -2.05. The van der Waals surface area contributed by atoms with E-state index in [0.29, 0.717) is 58.6 Å². The highest BCUT2D eigenvalue weighted by molar-refractivity contribution is 5.94. The van der Waals surface area contributed by atoms with Gasteiger partial charge in [0, 0.05) is 60.0 Å². The summed E-state index contributed by atoms with van der Waals surface area (Å²) >= 11 is 0. The Bertz CT molecular complexity index is 3570. The first kappa shape index (κ1) is 50.2. The van der Waals surface area contributed by atoms with E-state index in [1.165, 1.54) is 80.4 Å². The summed E-state index contributed by atoms with van der Waals surface area (Å²) < 4.78 is 46.0. The number of hydrogen-bond donors (Lipinski definition) is 4. The summed E-state index contributed by atoms with van der Waals surface area (Å²) in [6, 6.07) is 14.8. The number of Topliss-reactive ketones (excluding diaryl/α,β-unsaturated/α-hetero) is 1. The zero-order chi connectivity index (χ0) is 50.6. The maximum absolute atomic E-state index is 15.0. The molecule has 0 spiro atoms. The number of fused-ring (bicyclic) bond motifs is 2. The van der Waals surface area contributed by atoms with E-state index in [1.807, 2.05) is 33.3 Å². The van der Waals surface area contributed by atoms with Crippen LogP contribution in [0.15, 0.2) is 98.1 Å². The Balaban J connectivity index is 0.000000150. The van der Waals surface area contributed by atoms with Crippen LogP contribution in [0, 0.1) is 11.6 Å². The molecule has 2 aliphatic rings. The van der Waals surface area contributed by atoms with Gasteiger partial charge < -0.3 is 29.1 Å². The fourth-order valence-corrected chi connectivity index (χ4v) is 8.37. The number of nitrogens with zero attached hydrogens (tertiary/aromatic N) is 14. The van der Waals surface area contributed by atoms with Gasteiger partial charge in [-0.2, -0.15) is 30.8 Å². The fraction of sp³-hybridized carbons (Fsp3) is 0.265. The van der Waals surface area contributed by atoms with Crippen LogP contribution < -0.4 is 15.2 Å². The second-order valence-electron chi connectivity index (χ2n) is 17.4. The third kappa shape index (κ3) is 11.1. The second kappa shape index (κ2) is 21.9. The maximum Gasteiger partial charge on any atom is 0.358 e. The molecule has 380 valence electrons. The van der Waals surface area contributed by atoms with Gasteiger partial charge in [-0.1, -0.05) is 22.6 Å². The predicted octanol–water partition coefficient (Wildman–Crippen LogP) is 6.65. The zero-order valence-corrected chi connectivity index (χ0v) is 40.7. The normalized spacial score (nSPS) is 12.9. The number of aromatic nitrogens is 16. The molecular weight excluding hydrogens is 980 g/mol. The van der Waals surface area contributed by atoms with Crippen molar-refractivity contribution in [1.29, 1.82) is 0 Å². The van der Waals surface area contributed by atoms with E-state index in [0.717, 1.165) is 22.7 Å². The van der Waals surface area contributed by atoms with Gasteiger partial charge in [0.25, 0.3) is 0 Å². The summed E-state index contributed by atoms with van der Waals surface area (Å²) in [6.45, 7) is 0.869. The first-order chi connectivity index (χ1) is 35.5. The number of methoxy groups -OCH3 is 2. The van der Waals surface area contributed by atoms with Crippen molar-refractivity contribution in [3.8, 4) is 34.0 Å². The van der Waals surface area contributed by atoms with Crippen molar-refractivity contribution in [1.82, 2.24) is 79.6 Å². The van der Waals surface area contributed by atoms with E-state index in [-0.39, 0.29) is 60.5 Å². The number of H-pyrrole nitrogens is 2. The molecule has 0 atom stereocenters. The lowest BCUT2D eigenvalue weighted by Gasteiger charge is -2.11. The number of nitrogens with two attached hydrogens (primary N) is 1. The van der Waals surface area contributed by atoms with E-state index >= 15 is 4.39 Å². The number of carboxylic acids is 1. The molecule has 0 unspecified atom stereocenters. The smallest absolute Gasteiger partial charge is 0.358 e. The van der Waals surface area contributed by atoms with Gasteiger partial charge in [-0.05, 0) is 91.5 Å². The lowest BCUT2D eigenvalue weighted by molar-refractivity contribution is 0.0690. The van der Waals surface area contributed by atoms with Crippen LogP contribution in [-0.4, -0.2) is 111 Å². The average Bonchev–Trinajstić information content (AvgIpc) is 3.86. The number of carboxylic acid groups (broad SMARTS) is 1. The van der Waals surface area contributed by atoms with Gasteiger partial charge in [0.1, 0.15) is 28.4 Å². The number of benzene rings is 2. The topological polar surface area (TPSA) is 278 Å². The molecule has 8 aromatic heterocycles. The number of hydrogen-bond acceptors (Lipinski definition) is 15. The highest BCUT2D eigenvalue weighted by Crippen LogP contribution is 2.41. The molecule has 2 fully saturated rings. The number of aromatic amines is 2. The van der Waals surface area contributed by atoms with Crippen LogP contribution in [0.25, 0.3) is 33.8 Å². The fourth-order valence-electron chi connectivity index (χ4n) is 8.37. The Morgan fingerprint density at radius 2 is 1.16 bits per heavy atom. The number of ketones is 1. The Labute approximate surface area is 425 Å². The van der Waals surface area contributed by atoms with Crippen LogP contribution in [0.1, 0.15) is 98.6 Å². The Morgan fingerprint density at radius 3 is 1.61 bits per heavy atom. The number of imidazole rings is 2. The molecule has 8 heterocycles. The minimum atomic E-state index is -1.08. The lowest BCUT2D eigenvalue weighted by atomic mass is 9.98. The number of rotatable bonds is 16. The molecule has 74 heavy (non-hydrogen) atoms. The minimum absolute atomic E-state index is 0.